The molecular formula is C20H30N2O2. The highest BCUT2D eigenvalue weighted by molar-refractivity contribution is 5.49. The average molecular weight is 330 g/mol. The van der Waals surface area contributed by atoms with E-state index >= 15 is 0 Å². The van der Waals surface area contributed by atoms with Crippen molar-refractivity contribution in [1.29, 1.82) is 0 Å². The number of benzene rings is 1. The van der Waals surface area contributed by atoms with Gasteiger partial charge in [0.25, 0.3) is 0 Å². The molecule has 1 N–H and O–H groups in total. The van der Waals surface area contributed by atoms with Crippen LogP contribution in [0.25, 0.3) is 0 Å². The molecule has 0 spiro atoms. The first-order valence-corrected chi connectivity index (χ1v) is 9.70. The van der Waals surface area contributed by atoms with Gasteiger partial charge in [-0.2, -0.15) is 0 Å². The van der Waals surface area contributed by atoms with Crippen molar-refractivity contribution in [2.45, 2.75) is 51.6 Å². The van der Waals surface area contributed by atoms with Gasteiger partial charge in [-0.05, 0) is 75.3 Å². The normalized spacial score (nSPS) is 29.3. The third-order valence-electron chi connectivity index (χ3n) is 5.95. The molecule has 132 valence electrons. The van der Waals surface area contributed by atoms with E-state index in [9.17, 15) is 0 Å². The van der Waals surface area contributed by atoms with Crippen LogP contribution in [0.4, 0.5) is 0 Å². The first kappa shape index (κ1) is 16.2. The van der Waals surface area contributed by atoms with Gasteiger partial charge in [-0.25, -0.2) is 0 Å². The first-order chi connectivity index (χ1) is 11.8. The monoisotopic (exact) mass is 330 g/mol. The molecule has 1 aromatic carbocycles. The van der Waals surface area contributed by atoms with Gasteiger partial charge < -0.3 is 14.8 Å². The Morgan fingerprint density at radius 1 is 1.17 bits per heavy atom. The van der Waals surface area contributed by atoms with E-state index in [1.54, 1.807) is 0 Å². The summed E-state index contributed by atoms with van der Waals surface area (Å²) in [6.07, 6.45) is 5.09. The molecule has 3 heterocycles. The molecule has 4 nitrogen and oxygen atoms in total. The van der Waals surface area contributed by atoms with E-state index in [0.717, 1.165) is 23.8 Å². The van der Waals surface area contributed by atoms with Crippen LogP contribution in [0, 0.1) is 5.92 Å². The minimum absolute atomic E-state index is 0.537. The summed E-state index contributed by atoms with van der Waals surface area (Å²) in [7, 11) is 0. The molecule has 3 aliphatic heterocycles. The lowest BCUT2D eigenvalue weighted by Gasteiger charge is -2.49. The van der Waals surface area contributed by atoms with Gasteiger partial charge in [-0.15, -0.1) is 0 Å². The summed E-state index contributed by atoms with van der Waals surface area (Å²) >= 11 is 0. The van der Waals surface area contributed by atoms with Crippen LogP contribution in [0.3, 0.4) is 0 Å². The maximum absolute atomic E-state index is 5.88. The minimum atomic E-state index is 0.537. The summed E-state index contributed by atoms with van der Waals surface area (Å²) in [5, 5.41) is 3.77. The van der Waals surface area contributed by atoms with Crippen LogP contribution in [0.15, 0.2) is 12.1 Å². The van der Waals surface area contributed by atoms with E-state index in [1.807, 2.05) is 13.8 Å². The molecule has 3 aliphatic rings. The van der Waals surface area contributed by atoms with Gasteiger partial charge in [0, 0.05) is 25.2 Å². The first-order valence-electron chi connectivity index (χ1n) is 9.70. The van der Waals surface area contributed by atoms with E-state index in [0.29, 0.717) is 25.3 Å². The predicted molar refractivity (Wildman–Crippen MR) is 95.9 cm³/mol. The lowest BCUT2D eigenvalue weighted by atomic mass is 9.77. The van der Waals surface area contributed by atoms with E-state index in [2.05, 4.69) is 22.3 Å². The quantitative estimate of drug-likeness (QED) is 0.919. The second kappa shape index (κ2) is 6.93. The Morgan fingerprint density at radius 3 is 2.75 bits per heavy atom. The van der Waals surface area contributed by atoms with E-state index in [4.69, 9.17) is 9.47 Å². The number of ether oxygens (including phenoxy) is 2. The molecule has 1 aromatic rings. The zero-order valence-electron chi connectivity index (χ0n) is 15.0. The molecule has 4 rings (SSSR count). The largest absolute Gasteiger partial charge is 0.490 e. The van der Waals surface area contributed by atoms with Crippen molar-refractivity contribution in [3.05, 3.63) is 23.3 Å². The molecule has 24 heavy (non-hydrogen) atoms. The van der Waals surface area contributed by atoms with Crippen LogP contribution in [0.1, 0.15) is 50.3 Å². The molecular weight excluding hydrogens is 300 g/mol. The van der Waals surface area contributed by atoms with Crippen molar-refractivity contribution < 1.29 is 9.47 Å². The highest BCUT2D eigenvalue weighted by Crippen LogP contribution is 2.44. The molecule has 2 saturated heterocycles. The molecule has 0 aliphatic carbocycles. The van der Waals surface area contributed by atoms with Gasteiger partial charge in [0.2, 0.25) is 0 Å². The molecule has 4 heteroatoms. The summed E-state index contributed by atoms with van der Waals surface area (Å²) < 4.78 is 11.7. The third kappa shape index (κ3) is 2.91. The molecule has 2 fully saturated rings. The molecule has 0 unspecified atom stereocenters. The average Bonchev–Trinajstić information content (AvgIpc) is 2.61. The molecule has 0 amide bonds. The lowest BCUT2D eigenvalue weighted by molar-refractivity contribution is 0.0549. The van der Waals surface area contributed by atoms with Crippen molar-refractivity contribution in [3.8, 4) is 11.5 Å². The van der Waals surface area contributed by atoms with Crippen LogP contribution in [0.5, 0.6) is 11.5 Å². The fraction of sp³-hybridized carbons (Fsp3) is 0.700. The fourth-order valence-corrected chi connectivity index (χ4v) is 4.85. The molecule has 0 radical (unpaired) electrons. The number of hydrogen-bond donors (Lipinski definition) is 1. The number of piperidine rings is 2. The molecule has 3 atom stereocenters. The zero-order chi connectivity index (χ0) is 16.5. The number of rotatable bonds is 4. The topological polar surface area (TPSA) is 33.7 Å². The predicted octanol–water partition coefficient (Wildman–Crippen LogP) is 3.16. The number of nitrogens with one attached hydrogen (secondary N) is 1. The summed E-state index contributed by atoms with van der Waals surface area (Å²) in [4.78, 5) is 2.71. The summed E-state index contributed by atoms with van der Waals surface area (Å²) in [6.45, 7) is 9.06. The molecule has 0 bridgehead atoms. The third-order valence-corrected chi connectivity index (χ3v) is 5.95. The highest BCUT2D eigenvalue weighted by Gasteiger charge is 2.40. The Morgan fingerprint density at radius 2 is 1.96 bits per heavy atom. The maximum atomic E-state index is 5.88. The van der Waals surface area contributed by atoms with Gasteiger partial charge in [-0.1, -0.05) is 0 Å². The standard InChI is InChI=1S/C20H30N2O2/c1-3-23-19-10-14-7-9-22-13-15-6-5-8-21-17(15)12-18(22)16(14)11-20(19)24-4-2/h10-11,15,17-18,21H,3-9,12-13H2,1-2H3/t15-,17+,18+/m1/s1. The van der Waals surface area contributed by atoms with Crippen molar-refractivity contribution >= 4 is 0 Å². The summed E-state index contributed by atoms with van der Waals surface area (Å²) in [5.41, 5.74) is 2.93. The van der Waals surface area contributed by atoms with Crippen LogP contribution in [0.2, 0.25) is 0 Å². The Labute approximate surface area is 145 Å². The Bertz CT molecular complexity index is 589. The van der Waals surface area contributed by atoms with Crippen molar-refractivity contribution in [2.24, 2.45) is 5.92 Å². The SMILES string of the molecule is CCOc1cc2c(cc1OCC)[C@@H]1C[C@@H]3NCCC[C@@H]3CN1CC2. The Kier molecular flexibility index (Phi) is 4.68. The number of hydrogen-bond acceptors (Lipinski definition) is 4. The Hall–Kier alpha value is -1.26. The van der Waals surface area contributed by atoms with Gasteiger partial charge in [0.1, 0.15) is 0 Å². The van der Waals surface area contributed by atoms with Crippen molar-refractivity contribution in [3.63, 3.8) is 0 Å². The maximum Gasteiger partial charge on any atom is 0.161 e. The Balaban J connectivity index is 1.65. The van der Waals surface area contributed by atoms with Crippen molar-refractivity contribution in [1.82, 2.24) is 10.2 Å². The van der Waals surface area contributed by atoms with Crippen LogP contribution >= 0.6 is 0 Å². The van der Waals surface area contributed by atoms with Gasteiger partial charge in [-0.3, -0.25) is 4.90 Å². The lowest BCUT2D eigenvalue weighted by Crippen LogP contribution is -2.54. The minimum Gasteiger partial charge on any atom is -0.490 e. The second-order valence-corrected chi connectivity index (χ2v) is 7.32. The molecule has 0 saturated carbocycles. The summed E-state index contributed by atoms with van der Waals surface area (Å²) in [6, 6.07) is 5.73. The van der Waals surface area contributed by atoms with Crippen molar-refractivity contribution in [2.75, 3.05) is 32.8 Å². The summed E-state index contributed by atoms with van der Waals surface area (Å²) in [5.74, 6) is 2.67. The number of nitrogens with zero attached hydrogens (tertiary/aromatic N) is 1. The second-order valence-electron chi connectivity index (χ2n) is 7.32. The van der Waals surface area contributed by atoms with Gasteiger partial charge in [0.05, 0.1) is 13.2 Å². The van der Waals surface area contributed by atoms with Crippen LogP contribution in [-0.4, -0.2) is 43.8 Å². The van der Waals surface area contributed by atoms with Crippen LogP contribution in [-0.2, 0) is 6.42 Å². The highest BCUT2D eigenvalue weighted by atomic mass is 16.5. The van der Waals surface area contributed by atoms with Gasteiger partial charge >= 0.3 is 0 Å². The molecule has 0 aromatic heterocycles. The van der Waals surface area contributed by atoms with E-state index < -0.39 is 0 Å². The zero-order valence-corrected chi connectivity index (χ0v) is 15.0. The van der Waals surface area contributed by atoms with E-state index in [-0.39, 0.29) is 0 Å². The number of fused-ring (bicyclic) bond motifs is 4. The van der Waals surface area contributed by atoms with Crippen LogP contribution < -0.4 is 14.8 Å². The smallest absolute Gasteiger partial charge is 0.161 e. The van der Waals surface area contributed by atoms with E-state index in [1.165, 1.54) is 50.0 Å². The fourth-order valence-electron chi connectivity index (χ4n) is 4.85. The van der Waals surface area contributed by atoms with Gasteiger partial charge in [0.15, 0.2) is 11.5 Å².